The third-order valence-electron chi connectivity index (χ3n) is 5.68. The SMILES string of the molecule is CNc1ncc(/C(N)=C/N(N)c2cc(C(=O)Nc3cc(C(F)(F)F)cc(CNC(C)C)c3OC)ccc2C)s1. The summed E-state index contributed by atoms with van der Waals surface area (Å²) in [5.74, 6) is 5.75. The third-order valence-corrected chi connectivity index (χ3v) is 6.74. The van der Waals surface area contributed by atoms with E-state index in [9.17, 15) is 18.0 Å². The zero-order chi connectivity index (χ0) is 28.9. The predicted molar refractivity (Wildman–Crippen MR) is 150 cm³/mol. The molecule has 210 valence electrons. The van der Waals surface area contributed by atoms with Crippen LogP contribution in [0.1, 0.15) is 45.8 Å². The molecule has 1 heterocycles. The molecular weight excluding hydrogens is 531 g/mol. The number of alkyl halides is 3. The van der Waals surface area contributed by atoms with Crippen LogP contribution in [0.5, 0.6) is 5.75 Å². The van der Waals surface area contributed by atoms with E-state index in [0.29, 0.717) is 21.4 Å². The number of nitrogens with two attached hydrogens (primary N) is 2. The number of thiazole rings is 1. The lowest BCUT2D eigenvalue weighted by molar-refractivity contribution is -0.137. The van der Waals surface area contributed by atoms with Crippen LogP contribution in [0.15, 0.2) is 42.7 Å². The molecule has 0 unspecified atom stereocenters. The number of aryl methyl sites for hydroxylation is 1. The molecule has 1 amide bonds. The molecule has 39 heavy (non-hydrogen) atoms. The average Bonchev–Trinajstić information content (AvgIpc) is 3.36. The minimum atomic E-state index is -4.62. The molecule has 3 rings (SSSR count). The molecule has 0 spiro atoms. The molecule has 3 aromatic rings. The number of hydrogen-bond donors (Lipinski definition) is 5. The number of carbonyl (C=O) groups excluding carboxylic acids is 1. The highest BCUT2D eigenvalue weighted by atomic mass is 32.1. The van der Waals surface area contributed by atoms with Crippen LogP contribution in [0, 0.1) is 6.92 Å². The minimum Gasteiger partial charge on any atom is -0.494 e. The number of hydrogen-bond acceptors (Lipinski definition) is 9. The number of nitrogens with one attached hydrogen (secondary N) is 3. The normalized spacial score (nSPS) is 12.0. The first-order valence-corrected chi connectivity index (χ1v) is 12.7. The van der Waals surface area contributed by atoms with Crippen LogP contribution in [0.4, 0.5) is 29.7 Å². The number of benzene rings is 2. The Morgan fingerprint density at radius 1 is 1.26 bits per heavy atom. The molecule has 0 aliphatic heterocycles. The van der Waals surface area contributed by atoms with Crippen molar-refractivity contribution in [1.29, 1.82) is 0 Å². The third kappa shape index (κ3) is 7.40. The van der Waals surface area contributed by atoms with Gasteiger partial charge in [0.2, 0.25) is 0 Å². The number of methoxy groups -OCH3 is 1. The molecule has 0 saturated heterocycles. The standard InChI is InChI=1S/C26H32F3N7O2S/c1-14(2)33-11-17-8-18(26(27,28)29)10-20(23(17)38-5)35-24(37)16-7-6-15(3)21(9-16)36(31)13-19(30)22-12-34-25(32-4)39-22/h6-10,12-14,33H,11,30-31H2,1-5H3,(H,32,34)(H,35,37)/b19-13-. The number of nitrogens with zero attached hydrogens (tertiary/aromatic N) is 2. The fourth-order valence-corrected chi connectivity index (χ4v) is 4.35. The summed E-state index contributed by atoms with van der Waals surface area (Å²) in [6.07, 6.45) is -1.51. The van der Waals surface area contributed by atoms with Crippen LogP contribution in [0.2, 0.25) is 0 Å². The molecule has 9 nitrogen and oxygen atoms in total. The summed E-state index contributed by atoms with van der Waals surface area (Å²) in [4.78, 5) is 18.1. The van der Waals surface area contributed by atoms with Gasteiger partial charge in [0, 0.05) is 43.2 Å². The maximum atomic E-state index is 13.7. The lowest BCUT2D eigenvalue weighted by Crippen LogP contribution is -2.27. The van der Waals surface area contributed by atoms with Crippen LogP contribution in [-0.4, -0.2) is 31.1 Å². The highest BCUT2D eigenvalue weighted by Crippen LogP contribution is 2.38. The first-order chi connectivity index (χ1) is 18.3. The lowest BCUT2D eigenvalue weighted by atomic mass is 10.1. The molecule has 7 N–H and O–H groups in total. The van der Waals surface area contributed by atoms with Crippen LogP contribution >= 0.6 is 11.3 Å². The Morgan fingerprint density at radius 2 is 1.97 bits per heavy atom. The molecule has 0 aliphatic carbocycles. The Kier molecular flexibility index (Phi) is 9.43. The van der Waals surface area contributed by atoms with Crippen LogP contribution in [-0.2, 0) is 12.7 Å². The van der Waals surface area contributed by atoms with E-state index >= 15 is 0 Å². The van der Waals surface area contributed by atoms with Gasteiger partial charge in [-0.3, -0.25) is 9.80 Å². The van der Waals surface area contributed by atoms with E-state index in [0.717, 1.165) is 17.7 Å². The largest absolute Gasteiger partial charge is 0.494 e. The van der Waals surface area contributed by atoms with Gasteiger partial charge in [-0.25, -0.2) is 10.8 Å². The van der Waals surface area contributed by atoms with Crippen molar-refractivity contribution in [2.45, 2.75) is 39.5 Å². The molecule has 0 atom stereocenters. The fourth-order valence-electron chi connectivity index (χ4n) is 3.66. The Bertz CT molecular complexity index is 1360. The Hall–Kier alpha value is -3.81. The number of rotatable bonds is 10. The van der Waals surface area contributed by atoms with Gasteiger partial charge in [-0.1, -0.05) is 31.3 Å². The van der Waals surface area contributed by atoms with Gasteiger partial charge >= 0.3 is 6.18 Å². The molecule has 13 heteroatoms. The second-order valence-electron chi connectivity index (χ2n) is 8.98. The summed E-state index contributed by atoms with van der Waals surface area (Å²) in [6, 6.07) is 6.66. The number of amides is 1. The maximum absolute atomic E-state index is 13.7. The molecule has 0 saturated carbocycles. The van der Waals surface area contributed by atoms with Crippen LogP contribution in [0.25, 0.3) is 5.70 Å². The van der Waals surface area contributed by atoms with E-state index < -0.39 is 17.6 Å². The Balaban J connectivity index is 1.93. The number of aromatic nitrogens is 1. The van der Waals surface area contributed by atoms with E-state index in [4.69, 9.17) is 16.3 Å². The minimum absolute atomic E-state index is 0.0250. The summed E-state index contributed by atoms with van der Waals surface area (Å²) in [5, 5.41) is 10.6. The van der Waals surface area contributed by atoms with Gasteiger partial charge in [-0.2, -0.15) is 13.2 Å². The number of carbonyl (C=O) groups is 1. The molecule has 0 fully saturated rings. The monoisotopic (exact) mass is 563 g/mol. The van der Waals surface area contributed by atoms with E-state index in [-0.39, 0.29) is 35.2 Å². The molecule has 1 aromatic heterocycles. The van der Waals surface area contributed by atoms with Gasteiger partial charge in [0.25, 0.3) is 5.91 Å². The van der Waals surface area contributed by atoms with E-state index in [1.165, 1.54) is 35.7 Å². The first-order valence-electron chi connectivity index (χ1n) is 11.9. The summed E-state index contributed by atoms with van der Waals surface area (Å²) < 4.78 is 46.4. The van der Waals surface area contributed by atoms with Gasteiger partial charge < -0.3 is 26.4 Å². The topological polar surface area (TPSA) is 131 Å². The van der Waals surface area contributed by atoms with Gasteiger partial charge in [0.15, 0.2) is 5.13 Å². The lowest BCUT2D eigenvalue weighted by Gasteiger charge is -2.20. The van der Waals surface area contributed by atoms with Crippen molar-refractivity contribution in [3.8, 4) is 5.75 Å². The van der Waals surface area contributed by atoms with Crippen molar-refractivity contribution in [2.75, 3.05) is 29.8 Å². The van der Waals surface area contributed by atoms with Crippen molar-refractivity contribution in [3.05, 3.63) is 69.9 Å². The Labute approximate surface area is 229 Å². The summed E-state index contributed by atoms with van der Waals surface area (Å²) in [5.41, 5.74) is 7.21. The number of halogens is 3. The second-order valence-corrected chi connectivity index (χ2v) is 10.0. The van der Waals surface area contributed by atoms with Crippen LogP contribution in [0.3, 0.4) is 0 Å². The quantitative estimate of drug-likeness (QED) is 0.174. The number of anilines is 3. The number of ether oxygens (including phenoxy) is 1. The zero-order valence-corrected chi connectivity index (χ0v) is 23.1. The number of hydrazine groups is 1. The molecule has 0 radical (unpaired) electrons. The summed E-state index contributed by atoms with van der Waals surface area (Å²) in [7, 11) is 3.09. The molecule has 2 aromatic carbocycles. The molecule has 0 aliphatic rings. The molecule has 0 bridgehead atoms. The maximum Gasteiger partial charge on any atom is 0.416 e. The van der Waals surface area contributed by atoms with E-state index in [1.807, 2.05) is 13.8 Å². The van der Waals surface area contributed by atoms with E-state index in [2.05, 4.69) is 20.9 Å². The smallest absolute Gasteiger partial charge is 0.416 e. The average molecular weight is 564 g/mol. The summed E-state index contributed by atoms with van der Waals surface area (Å²) >= 11 is 1.35. The first kappa shape index (κ1) is 29.7. The van der Waals surface area contributed by atoms with Gasteiger partial charge in [-0.15, -0.1) is 0 Å². The van der Waals surface area contributed by atoms with Crippen molar-refractivity contribution in [1.82, 2.24) is 10.3 Å². The molecular formula is C26H32F3N7O2S. The van der Waals surface area contributed by atoms with Crippen LogP contribution < -0.4 is 37.3 Å². The summed E-state index contributed by atoms with van der Waals surface area (Å²) in [6.45, 7) is 5.67. The van der Waals surface area contributed by atoms with Gasteiger partial charge in [0.1, 0.15) is 5.75 Å². The fraction of sp³-hybridized carbons (Fsp3) is 0.308. The van der Waals surface area contributed by atoms with E-state index in [1.54, 1.807) is 32.3 Å². The van der Waals surface area contributed by atoms with Crippen molar-refractivity contribution in [2.24, 2.45) is 11.6 Å². The highest BCUT2D eigenvalue weighted by molar-refractivity contribution is 7.16. The highest BCUT2D eigenvalue weighted by Gasteiger charge is 2.33. The zero-order valence-electron chi connectivity index (χ0n) is 22.2. The predicted octanol–water partition coefficient (Wildman–Crippen LogP) is 4.91. The van der Waals surface area contributed by atoms with Gasteiger partial charge in [-0.05, 0) is 36.8 Å². The van der Waals surface area contributed by atoms with Gasteiger partial charge in [0.05, 0.1) is 34.6 Å². The second kappa shape index (κ2) is 12.4. The van der Waals surface area contributed by atoms with Crippen molar-refractivity contribution >= 4 is 39.4 Å². The van der Waals surface area contributed by atoms with Crippen molar-refractivity contribution < 1.29 is 22.7 Å². The Morgan fingerprint density at radius 3 is 2.56 bits per heavy atom. The van der Waals surface area contributed by atoms with Crippen molar-refractivity contribution in [3.63, 3.8) is 0 Å².